The third-order valence-corrected chi connectivity index (χ3v) is 3.83. The smallest absolute Gasteiger partial charge is 0.245 e. The van der Waals surface area contributed by atoms with Gasteiger partial charge in [0.15, 0.2) is 5.82 Å². The van der Waals surface area contributed by atoms with Crippen molar-refractivity contribution in [2.75, 3.05) is 11.4 Å². The number of rotatable bonds is 2. The first kappa shape index (κ1) is 12.2. The van der Waals surface area contributed by atoms with Gasteiger partial charge in [-0.1, -0.05) is 30.3 Å². The van der Waals surface area contributed by atoms with Gasteiger partial charge in [0, 0.05) is 24.2 Å². The van der Waals surface area contributed by atoms with Gasteiger partial charge in [0.05, 0.1) is 0 Å². The van der Waals surface area contributed by atoms with Gasteiger partial charge < -0.3 is 10.6 Å². The first-order valence-corrected chi connectivity index (χ1v) is 6.76. The lowest BCUT2D eigenvalue weighted by Gasteiger charge is -2.36. The molecule has 1 aliphatic heterocycles. The average molecular weight is 257 g/mol. The molecule has 0 spiro atoms. The second-order valence-electron chi connectivity index (χ2n) is 5.09. The first-order valence-electron chi connectivity index (χ1n) is 6.76. The maximum atomic E-state index is 6.12. The average Bonchev–Trinajstić information content (AvgIpc) is 2.92. The monoisotopic (exact) mass is 257 g/mol. The van der Waals surface area contributed by atoms with E-state index in [1.807, 2.05) is 30.3 Å². The quantitative estimate of drug-likeness (QED) is 0.860. The van der Waals surface area contributed by atoms with Crippen LogP contribution < -0.4 is 10.6 Å². The minimum Gasteiger partial charge on any atom is -0.335 e. The van der Waals surface area contributed by atoms with Crippen LogP contribution in [0.5, 0.6) is 0 Å². The summed E-state index contributed by atoms with van der Waals surface area (Å²) in [6.07, 6.45) is 2.17. The van der Waals surface area contributed by atoms with Gasteiger partial charge >= 0.3 is 0 Å². The summed E-state index contributed by atoms with van der Waals surface area (Å²) in [6.45, 7) is 3.11. The van der Waals surface area contributed by atoms with Crippen molar-refractivity contribution in [3.05, 3.63) is 30.3 Å². The zero-order valence-corrected chi connectivity index (χ0v) is 11.1. The van der Waals surface area contributed by atoms with Crippen LogP contribution >= 0.6 is 0 Å². The van der Waals surface area contributed by atoms with Crippen molar-refractivity contribution < 1.29 is 0 Å². The van der Waals surface area contributed by atoms with Crippen molar-refractivity contribution in [2.24, 2.45) is 5.73 Å². The fourth-order valence-corrected chi connectivity index (χ4v) is 2.56. The van der Waals surface area contributed by atoms with E-state index in [0.717, 1.165) is 36.7 Å². The Morgan fingerprint density at radius 1 is 1.32 bits per heavy atom. The highest BCUT2D eigenvalue weighted by Gasteiger charge is 2.27. The van der Waals surface area contributed by atoms with Crippen LogP contribution in [0.25, 0.3) is 11.4 Å². The molecule has 0 aliphatic carbocycles. The van der Waals surface area contributed by atoms with Gasteiger partial charge in [-0.2, -0.15) is 4.98 Å². The lowest BCUT2D eigenvalue weighted by Crippen LogP contribution is -2.50. The molecule has 19 heavy (non-hydrogen) atoms. The molecule has 1 aromatic heterocycles. The van der Waals surface area contributed by atoms with E-state index in [2.05, 4.69) is 27.0 Å². The minimum absolute atomic E-state index is 0.201. The Morgan fingerprint density at radius 2 is 2.11 bits per heavy atom. The summed E-state index contributed by atoms with van der Waals surface area (Å²) < 4.78 is 0. The highest BCUT2D eigenvalue weighted by molar-refractivity contribution is 5.56. The van der Waals surface area contributed by atoms with Crippen LogP contribution in [0.15, 0.2) is 30.3 Å². The molecule has 5 heteroatoms. The molecule has 0 saturated carbocycles. The number of hydrogen-bond acceptors (Lipinski definition) is 4. The van der Waals surface area contributed by atoms with Gasteiger partial charge in [0.25, 0.3) is 0 Å². The molecular formula is C14H19N5. The summed E-state index contributed by atoms with van der Waals surface area (Å²) in [7, 11) is 0. The highest BCUT2D eigenvalue weighted by Crippen LogP contribution is 2.23. The second-order valence-corrected chi connectivity index (χ2v) is 5.09. The number of aromatic nitrogens is 3. The van der Waals surface area contributed by atoms with Crippen molar-refractivity contribution in [1.82, 2.24) is 15.2 Å². The van der Waals surface area contributed by atoms with Crippen molar-refractivity contribution in [3.8, 4) is 11.4 Å². The lowest BCUT2D eigenvalue weighted by molar-refractivity contribution is 0.416. The molecule has 2 atom stereocenters. The fourth-order valence-electron chi connectivity index (χ4n) is 2.56. The van der Waals surface area contributed by atoms with Crippen LogP contribution in [0.4, 0.5) is 5.95 Å². The van der Waals surface area contributed by atoms with Crippen molar-refractivity contribution >= 4 is 5.95 Å². The number of piperidine rings is 1. The zero-order chi connectivity index (χ0) is 13.2. The van der Waals surface area contributed by atoms with Gasteiger partial charge in [-0.05, 0) is 19.8 Å². The summed E-state index contributed by atoms with van der Waals surface area (Å²) >= 11 is 0. The summed E-state index contributed by atoms with van der Waals surface area (Å²) in [5, 5.41) is 7.35. The normalized spacial score (nSPS) is 23.6. The van der Waals surface area contributed by atoms with Crippen molar-refractivity contribution in [1.29, 1.82) is 0 Å². The Bertz CT molecular complexity index is 536. The maximum Gasteiger partial charge on any atom is 0.245 e. The van der Waals surface area contributed by atoms with E-state index in [9.17, 15) is 0 Å². The van der Waals surface area contributed by atoms with E-state index >= 15 is 0 Å². The molecule has 0 amide bonds. The van der Waals surface area contributed by atoms with Gasteiger partial charge in [0.1, 0.15) is 0 Å². The predicted octanol–water partition coefficient (Wildman–Crippen LogP) is 1.79. The maximum absolute atomic E-state index is 6.12. The van der Waals surface area contributed by atoms with E-state index in [0.29, 0.717) is 0 Å². The van der Waals surface area contributed by atoms with Crippen LogP contribution in [0.3, 0.4) is 0 Å². The van der Waals surface area contributed by atoms with E-state index in [-0.39, 0.29) is 12.1 Å². The molecular weight excluding hydrogens is 238 g/mol. The number of nitrogens with one attached hydrogen (secondary N) is 1. The number of anilines is 1. The molecule has 2 unspecified atom stereocenters. The van der Waals surface area contributed by atoms with Crippen LogP contribution in [0.1, 0.15) is 19.8 Å². The molecule has 0 bridgehead atoms. The second kappa shape index (κ2) is 5.01. The van der Waals surface area contributed by atoms with Gasteiger partial charge in [-0.25, -0.2) is 0 Å². The topological polar surface area (TPSA) is 70.8 Å². The highest BCUT2D eigenvalue weighted by atomic mass is 15.4. The Labute approximate surface area is 112 Å². The zero-order valence-electron chi connectivity index (χ0n) is 11.1. The third-order valence-electron chi connectivity index (χ3n) is 3.83. The molecule has 0 radical (unpaired) electrons. The molecule has 1 aromatic carbocycles. The van der Waals surface area contributed by atoms with Crippen molar-refractivity contribution in [3.63, 3.8) is 0 Å². The number of benzene rings is 1. The van der Waals surface area contributed by atoms with Crippen LogP contribution in [0.2, 0.25) is 0 Å². The third kappa shape index (κ3) is 2.33. The minimum atomic E-state index is 0.201. The standard InChI is InChI=1S/C14H19N5/c1-10-12(15)8-5-9-19(10)14-16-13(17-18-14)11-6-3-2-4-7-11/h2-4,6-7,10,12H,5,8-9,15H2,1H3,(H,16,17,18). The largest absolute Gasteiger partial charge is 0.335 e. The van der Waals surface area contributed by atoms with Gasteiger partial charge in [-0.3, -0.25) is 5.10 Å². The van der Waals surface area contributed by atoms with Gasteiger partial charge in [-0.15, -0.1) is 5.10 Å². The summed E-state index contributed by atoms with van der Waals surface area (Å²) in [6, 6.07) is 10.5. The predicted molar refractivity (Wildman–Crippen MR) is 75.8 cm³/mol. The Kier molecular flexibility index (Phi) is 3.21. The molecule has 100 valence electrons. The first-order chi connectivity index (χ1) is 9.25. The van der Waals surface area contributed by atoms with Crippen LogP contribution in [-0.2, 0) is 0 Å². The van der Waals surface area contributed by atoms with Gasteiger partial charge in [0.2, 0.25) is 5.95 Å². The van der Waals surface area contributed by atoms with E-state index < -0.39 is 0 Å². The summed E-state index contributed by atoms with van der Waals surface area (Å²) in [4.78, 5) is 6.78. The number of H-pyrrole nitrogens is 1. The SMILES string of the molecule is CC1C(N)CCCN1c1n[nH]c(-c2ccccc2)n1. The molecule has 2 aromatic rings. The Balaban J connectivity index is 1.85. The fraction of sp³-hybridized carbons (Fsp3) is 0.429. The number of nitrogens with two attached hydrogens (primary N) is 1. The molecule has 1 aliphatic rings. The molecule has 3 rings (SSSR count). The Hall–Kier alpha value is -1.88. The van der Waals surface area contributed by atoms with E-state index in [4.69, 9.17) is 5.73 Å². The number of hydrogen-bond donors (Lipinski definition) is 2. The molecule has 3 N–H and O–H groups in total. The number of aromatic amines is 1. The molecule has 2 heterocycles. The molecule has 1 saturated heterocycles. The molecule has 1 fully saturated rings. The van der Waals surface area contributed by atoms with Crippen molar-refractivity contribution in [2.45, 2.75) is 31.8 Å². The van der Waals surface area contributed by atoms with Crippen LogP contribution in [0, 0.1) is 0 Å². The summed E-state index contributed by atoms with van der Waals surface area (Å²) in [5.74, 6) is 1.56. The van der Waals surface area contributed by atoms with E-state index in [1.165, 1.54) is 0 Å². The van der Waals surface area contributed by atoms with E-state index in [1.54, 1.807) is 0 Å². The molecule has 5 nitrogen and oxygen atoms in total. The Morgan fingerprint density at radius 3 is 2.89 bits per heavy atom. The summed E-state index contributed by atoms with van der Waals surface area (Å²) in [5.41, 5.74) is 7.17. The lowest BCUT2D eigenvalue weighted by atomic mass is 9.99. The number of nitrogens with zero attached hydrogens (tertiary/aromatic N) is 3. The van der Waals surface area contributed by atoms with Crippen LogP contribution in [-0.4, -0.2) is 33.8 Å².